The first-order valence-electron chi connectivity index (χ1n) is 5.20. The van der Waals surface area contributed by atoms with Crippen molar-refractivity contribution in [1.29, 1.82) is 0 Å². The molecule has 90 valence electrons. The molecule has 0 bridgehead atoms. The van der Waals surface area contributed by atoms with Gasteiger partial charge in [-0.25, -0.2) is 9.18 Å². The van der Waals surface area contributed by atoms with Crippen LogP contribution in [0.2, 0.25) is 0 Å². The first-order valence-corrected chi connectivity index (χ1v) is 5.20. The van der Waals surface area contributed by atoms with Crippen LogP contribution in [-0.4, -0.2) is 19.1 Å². The van der Waals surface area contributed by atoms with Crippen LogP contribution in [0.1, 0.15) is 12.5 Å². The second-order valence-electron chi connectivity index (χ2n) is 3.18. The van der Waals surface area contributed by atoms with Gasteiger partial charge in [0.1, 0.15) is 5.82 Å². The van der Waals surface area contributed by atoms with Crippen molar-refractivity contribution >= 4 is 11.7 Å². The van der Waals surface area contributed by atoms with E-state index in [2.05, 4.69) is 22.5 Å². The number of carbonyl (C=O) groups is 1. The molecule has 0 aliphatic rings. The zero-order chi connectivity index (χ0) is 12.7. The molecule has 0 aliphatic heterocycles. The fraction of sp³-hybridized carbons (Fsp3) is 0.250. The van der Waals surface area contributed by atoms with Crippen LogP contribution in [0.3, 0.4) is 0 Å². The molecular weight excluding hydrogens is 221 g/mol. The summed E-state index contributed by atoms with van der Waals surface area (Å²) in [6, 6.07) is 3.85. The lowest BCUT2D eigenvalue weighted by molar-refractivity contribution is 0.252. The Bertz CT molecular complexity index is 463. The molecule has 4 nitrogen and oxygen atoms in total. The molecule has 2 amide bonds. The van der Waals surface area contributed by atoms with Crippen LogP contribution in [0.25, 0.3) is 0 Å². The van der Waals surface area contributed by atoms with Crippen LogP contribution < -0.4 is 16.4 Å². The fourth-order valence-corrected chi connectivity index (χ4v) is 1.18. The standard InChI is InChI=1S/C12H14FN3O/c1-2-15-12(17)16-10-5-6-11(13)9(8-10)4-3-7-14/h5-6,8H,2,7,14H2,1H3,(H2,15,16,17). The number of amides is 2. The maximum absolute atomic E-state index is 13.3. The molecule has 5 heteroatoms. The minimum Gasteiger partial charge on any atom is -0.338 e. The van der Waals surface area contributed by atoms with E-state index in [9.17, 15) is 9.18 Å². The van der Waals surface area contributed by atoms with Crippen molar-refractivity contribution in [2.24, 2.45) is 5.73 Å². The minimum atomic E-state index is -0.438. The summed E-state index contributed by atoms with van der Waals surface area (Å²) in [5.74, 6) is 4.72. The molecule has 1 aromatic carbocycles. The van der Waals surface area contributed by atoms with Gasteiger partial charge in [-0.3, -0.25) is 0 Å². The number of halogens is 1. The second-order valence-corrected chi connectivity index (χ2v) is 3.18. The molecule has 0 aromatic heterocycles. The largest absolute Gasteiger partial charge is 0.338 e. The molecule has 0 heterocycles. The highest BCUT2D eigenvalue weighted by atomic mass is 19.1. The van der Waals surface area contributed by atoms with Gasteiger partial charge in [-0.15, -0.1) is 0 Å². The Morgan fingerprint density at radius 2 is 2.29 bits per heavy atom. The predicted molar refractivity (Wildman–Crippen MR) is 65.0 cm³/mol. The lowest BCUT2D eigenvalue weighted by Gasteiger charge is -2.06. The number of hydrogen-bond donors (Lipinski definition) is 3. The number of nitrogens with one attached hydrogen (secondary N) is 2. The first-order chi connectivity index (χ1) is 8.17. The van der Waals surface area contributed by atoms with Crippen LogP contribution in [0.4, 0.5) is 14.9 Å². The van der Waals surface area contributed by atoms with Crippen molar-refractivity contribution in [3.05, 3.63) is 29.6 Å². The monoisotopic (exact) mass is 235 g/mol. The maximum Gasteiger partial charge on any atom is 0.319 e. The zero-order valence-corrected chi connectivity index (χ0v) is 9.51. The Balaban J connectivity index is 2.85. The van der Waals surface area contributed by atoms with Crippen molar-refractivity contribution in [3.63, 3.8) is 0 Å². The molecular formula is C12H14FN3O. The Morgan fingerprint density at radius 3 is 2.94 bits per heavy atom. The third-order valence-corrected chi connectivity index (χ3v) is 1.89. The highest BCUT2D eigenvalue weighted by Crippen LogP contribution is 2.13. The normalized spacial score (nSPS) is 9.12. The first kappa shape index (κ1) is 13.0. The summed E-state index contributed by atoms with van der Waals surface area (Å²) < 4.78 is 13.3. The van der Waals surface area contributed by atoms with Crippen LogP contribution >= 0.6 is 0 Å². The average Bonchev–Trinajstić information content (AvgIpc) is 2.30. The second kappa shape index (κ2) is 6.51. The highest BCUT2D eigenvalue weighted by molar-refractivity contribution is 5.89. The summed E-state index contributed by atoms with van der Waals surface area (Å²) in [4.78, 5) is 11.3. The SMILES string of the molecule is CCNC(=O)Nc1ccc(F)c(C#CCN)c1. The van der Waals surface area contributed by atoms with Crippen molar-refractivity contribution < 1.29 is 9.18 Å². The van der Waals surface area contributed by atoms with Gasteiger partial charge < -0.3 is 16.4 Å². The van der Waals surface area contributed by atoms with E-state index in [-0.39, 0.29) is 18.1 Å². The Hall–Kier alpha value is -2.06. The Kier molecular flexibility index (Phi) is 4.98. The summed E-state index contributed by atoms with van der Waals surface area (Å²) in [7, 11) is 0. The number of rotatable bonds is 2. The summed E-state index contributed by atoms with van der Waals surface area (Å²) in [6.45, 7) is 2.49. The molecule has 0 saturated carbocycles. The smallest absolute Gasteiger partial charge is 0.319 e. The number of hydrogen-bond acceptors (Lipinski definition) is 2. The van der Waals surface area contributed by atoms with Crippen LogP contribution in [-0.2, 0) is 0 Å². The van der Waals surface area contributed by atoms with Crippen molar-refractivity contribution in [1.82, 2.24) is 5.32 Å². The van der Waals surface area contributed by atoms with E-state index in [1.807, 2.05) is 6.92 Å². The fourth-order valence-electron chi connectivity index (χ4n) is 1.18. The van der Waals surface area contributed by atoms with E-state index in [1.165, 1.54) is 18.2 Å². The van der Waals surface area contributed by atoms with E-state index in [4.69, 9.17) is 5.73 Å². The average molecular weight is 235 g/mol. The van der Waals surface area contributed by atoms with Gasteiger partial charge in [0.25, 0.3) is 0 Å². The molecule has 0 saturated heterocycles. The summed E-state index contributed by atoms with van der Waals surface area (Å²) in [5.41, 5.74) is 5.91. The number of benzene rings is 1. The van der Waals surface area contributed by atoms with E-state index in [0.717, 1.165) is 0 Å². The van der Waals surface area contributed by atoms with Gasteiger partial charge in [-0.2, -0.15) is 0 Å². The van der Waals surface area contributed by atoms with E-state index in [0.29, 0.717) is 12.2 Å². The Morgan fingerprint density at radius 1 is 1.53 bits per heavy atom. The molecule has 0 aliphatic carbocycles. The van der Waals surface area contributed by atoms with Gasteiger partial charge in [-0.05, 0) is 25.1 Å². The topological polar surface area (TPSA) is 67.2 Å². The maximum atomic E-state index is 13.3. The van der Waals surface area contributed by atoms with Crippen molar-refractivity contribution in [3.8, 4) is 11.8 Å². The number of nitrogens with two attached hydrogens (primary N) is 1. The molecule has 0 unspecified atom stereocenters. The molecule has 0 spiro atoms. The van der Waals surface area contributed by atoms with E-state index >= 15 is 0 Å². The number of anilines is 1. The van der Waals surface area contributed by atoms with Gasteiger partial charge in [0, 0.05) is 12.2 Å². The van der Waals surface area contributed by atoms with Crippen molar-refractivity contribution in [2.45, 2.75) is 6.92 Å². The van der Waals surface area contributed by atoms with Gasteiger partial charge in [0.2, 0.25) is 0 Å². The van der Waals surface area contributed by atoms with Gasteiger partial charge in [-0.1, -0.05) is 11.8 Å². The predicted octanol–water partition coefficient (Wildman–Crippen LogP) is 1.28. The molecule has 1 rings (SSSR count). The van der Waals surface area contributed by atoms with E-state index in [1.54, 1.807) is 0 Å². The van der Waals surface area contributed by atoms with Crippen LogP contribution in [0.15, 0.2) is 18.2 Å². The van der Waals surface area contributed by atoms with Crippen molar-refractivity contribution in [2.75, 3.05) is 18.4 Å². The van der Waals surface area contributed by atoms with E-state index < -0.39 is 5.82 Å². The van der Waals surface area contributed by atoms with Crippen LogP contribution in [0.5, 0.6) is 0 Å². The van der Waals surface area contributed by atoms with Gasteiger partial charge in [0.05, 0.1) is 12.1 Å². The third kappa shape index (κ3) is 4.13. The molecule has 0 atom stereocenters. The molecule has 0 radical (unpaired) electrons. The quantitative estimate of drug-likeness (QED) is 0.676. The minimum absolute atomic E-state index is 0.160. The zero-order valence-electron chi connectivity index (χ0n) is 9.51. The molecule has 4 N–H and O–H groups in total. The molecule has 1 aromatic rings. The summed E-state index contributed by atoms with van der Waals surface area (Å²) >= 11 is 0. The summed E-state index contributed by atoms with van der Waals surface area (Å²) in [5, 5.41) is 5.14. The molecule has 17 heavy (non-hydrogen) atoms. The lowest BCUT2D eigenvalue weighted by atomic mass is 10.2. The number of carbonyl (C=O) groups excluding carboxylic acids is 1. The molecule has 0 fully saturated rings. The summed E-state index contributed by atoms with van der Waals surface area (Å²) in [6.07, 6.45) is 0. The highest BCUT2D eigenvalue weighted by Gasteiger charge is 2.03. The Labute approximate surface area is 99.4 Å². The third-order valence-electron chi connectivity index (χ3n) is 1.89. The van der Waals surface area contributed by atoms with Crippen LogP contribution in [0, 0.1) is 17.7 Å². The van der Waals surface area contributed by atoms with Gasteiger partial charge in [0.15, 0.2) is 0 Å². The number of urea groups is 1. The lowest BCUT2D eigenvalue weighted by Crippen LogP contribution is -2.28. The van der Waals surface area contributed by atoms with Gasteiger partial charge >= 0.3 is 6.03 Å².